The van der Waals surface area contributed by atoms with E-state index in [1.54, 1.807) is 12.1 Å². The summed E-state index contributed by atoms with van der Waals surface area (Å²) >= 11 is 0. The Hall–Kier alpha value is -3.75. The smallest absolute Gasteiger partial charge is 0.251 e. The fourth-order valence-corrected chi connectivity index (χ4v) is 5.70. The van der Waals surface area contributed by atoms with E-state index in [2.05, 4.69) is 112 Å². The van der Waals surface area contributed by atoms with Crippen molar-refractivity contribution in [2.24, 2.45) is 0 Å². The summed E-state index contributed by atoms with van der Waals surface area (Å²) in [5, 5.41) is 14.1. The van der Waals surface area contributed by atoms with Gasteiger partial charge in [-0.2, -0.15) is 0 Å². The Morgan fingerprint density at radius 1 is 0.951 bits per heavy atom. The Morgan fingerprint density at radius 2 is 1.59 bits per heavy atom. The molecule has 216 valence electrons. The van der Waals surface area contributed by atoms with Gasteiger partial charge in [-0.3, -0.25) is 4.79 Å². The molecule has 1 atom stereocenters. The monoisotopic (exact) mass is 551 g/mol. The van der Waals surface area contributed by atoms with Gasteiger partial charge >= 0.3 is 0 Å². The molecule has 0 radical (unpaired) electrons. The van der Waals surface area contributed by atoms with E-state index in [1.807, 2.05) is 19.1 Å². The lowest BCUT2D eigenvalue weighted by molar-refractivity contribution is 0.0956. The molecule has 1 unspecified atom stereocenters. The first-order valence-electron chi connectivity index (χ1n) is 14.6. The fraction of sp³-hybridized carbons (Fsp3) is 0.417. The molecule has 1 amide bonds. The van der Waals surface area contributed by atoms with Crippen molar-refractivity contribution in [2.45, 2.75) is 70.9 Å². The van der Waals surface area contributed by atoms with Crippen LogP contribution in [0.5, 0.6) is 0 Å². The molecule has 0 fully saturated rings. The highest BCUT2D eigenvalue weighted by atomic mass is 16.3. The number of carbonyl (C=O) groups is 1. The van der Waals surface area contributed by atoms with Gasteiger partial charge in [-0.25, -0.2) is 0 Å². The Labute approximate surface area is 246 Å². The van der Waals surface area contributed by atoms with Gasteiger partial charge in [0.15, 0.2) is 0 Å². The van der Waals surface area contributed by atoms with Crippen LogP contribution < -0.4 is 15.1 Å². The van der Waals surface area contributed by atoms with Gasteiger partial charge in [0, 0.05) is 56.7 Å². The van der Waals surface area contributed by atoms with E-state index in [1.165, 1.54) is 22.4 Å². The summed E-state index contributed by atoms with van der Waals surface area (Å²) in [6, 6.07) is 20.2. The van der Waals surface area contributed by atoms with Crippen LogP contribution in [-0.4, -0.2) is 38.7 Å². The first-order chi connectivity index (χ1) is 19.3. The maximum Gasteiger partial charge on any atom is 0.251 e. The number of carbonyl (C=O) groups excluding carboxylic acids is 1. The highest BCUT2D eigenvalue weighted by molar-refractivity contribution is 5.94. The molecule has 0 spiro atoms. The number of aliphatic hydroxyl groups excluding tert-OH is 1. The summed E-state index contributed by atoms with van der Waals surface area (Å²) in [5.41, 5.74) is 8.41. The second-order valence-electron chi connectivity index (χ2n) is 12.8. The van der Waals surface area contributed by atoms with Crippen LogP contribution in [0.3, 0.4) is 0 Å². The molecule has 5 heteroatoms. The number of amides is 1. The van der Waals surface area contributed by atoms with Crippen LogP contribution in [0.1, 0.15) is 91.7 Å². The molecule has 0 heterocycles. The number of hydrogen-bond donors (Lipinski definition) is 2. The number of nitrogens with zero attached hydrogens (tertiary/aromatic N) is 2. The van der Waals surface area contributed by atoms with Crippen LogP contribution >= 0.6 is 0 Å². The van der Waals surface area contributed by atoms with E-state index in [0.717, 1.165) is 36.2 Å². The molecule has 4 rings (SSSR count). The lowest BCUT2D eigenvalue weighted by atomic mass is 9.62. The molecule has 0 saturated carbocycles. The number of anilines is 2. The average molecular weight is 552 g/mol. The zero-order valence-corrected chi connectivity index (χ0v) is 25.9. The molecule has 1 aliphatic carbocycles. The number of hydrogen-bond acceptors (Lipinski definition) is 4. The third-order valence-corrected chi connectivity index (χ3v) is 8.36. The van der Waals surface area contributed by atoms with Gasteiger partial charge in [-0.1, -0.05) is 57.7 Å². The van der Waals surface area contributed by atoms with Crippen molar-refractivity contribution in [3.05, 3.63) is 94.0 Å². The number of rotatable bonds is 7. The highest BCUT2D eigenvalue weighted by Gasteiger charge is 2.40. The van der Waals surface area contributed by atoms with Crippen molar-refractivity contribution in [2.75, 3.05) is 37.5 Å². The van der Waals surface area contributed by atoms with E-state index in [4.69, 9.17) is 0 Å². The molecule has 3 aromatic rings. The van der Waals surface area contributed by atoms with Gasteiger partial charge < -0.3 is 20.2 Å². The second kappa shape index (κ2) is 12.0. The van der Waals surface area contributed by atoms with Crippen molar-refractivity contribution < 1.29 is 9.90 Å². The summed E-state index contributed by atoms with van der Waals surface area (Å²) < 4.78 is 0. The zero-order valence-electron chi connectivity index (χ0n) is 25.9. The Morgan fingerprint density at radius 3 is 2.20 bits per heavy atom. The normalized spacial score (nSPS) is 15.6. The minimum absolute atomic E-state index is 0.00808. The minimum Gasteiger partial charge on any atom is -0.378 e. The van der Waals surface area contributed by atoms with Crippen molar-refractivity contribution in [3.63, 3.8) is 0 Å². The number of nitrogens with one attached hydrogen (secondary N) is 1. The first kappa shape index (κ1) is 30.2. The molecule has 0 bridgehead atoms. The van der Waals surface area contributed by atoms with E-state index < -0.39 is 6.10 Å². The molecule has 0 saturated heterocycles. The largest absolute Gasteiger partial charge is 0.378 e. The van der Waals surface area contributed by atoms with Gasteiger partial charge in [0.1, 0.15) is 6.10 Å². The third-order valence-electron chi connectivity index (χ3n) is 8.36. The number of benzene rings is 3. The molecular weight excluding hydrogens is 506 g/mol. The van der Waals surface area contributed by atoms with Crippen LogP contribution in [-0.2, 0) is 17.4 Å². The maximum absolute atomic E-state index is 12.1. The maximum atomic E-state index is 12.1. The molecule has 3 aromatic carbocycles. The van der Waals surface area contributed by atoms with Gasteiger partial charge in [0.25, 0.3) is 5.91 Å². The standard InChI is InChI=1S/C36H45N3O2/c1-9-37-34(41)27-15-10-25(11-16-27)14-19-32(40)28-22-30-33(36(4,5)21-20-35(30,2)3)31(23-28)39(8)24-26-12-17-29(18-13-26)38(6)7/h10-13,15-18,22-23,32,40H,9,20-21,24H2,1-8H3,(H,37,41). The highest BCUT2D eigenvalue weighted by Crippen LogP contribution is 2.50. The molecule has 5 nitrogen and oxygen atoms in total. The van der Waals surface area contributed by atoms with Crippen molar-refractivity contribution in [1.82, 2.24) is 5.32 Å². The molecular formula is C36H45N3O2. The summed E-state index contributed by atoms with van der Waals surface area (Å²) in [5.74, 6) is 6.07. The summed E-state index contributed by atoms with van der Waals surface area (Å²) in [7, 11) is 6.25. The van der Waals surface area contributed by atoms with Gasteiger partial charge in [-0.05, 0) is 95.3 Å². The van der Waals surface area contributed by atoms with Crippen LogP contribution in [0.2, 0.25) is 0 Å². The molecule has 2 N–H and O–H groups in total. The summed E-state index contributed by atoms with van der Waals surface area (Å²) in [6.45, 7) is 12.5. The predicted octanol–water partition coefficient (Wildman–Crippen LogP) is 6.57. The zero-order chi connectivity index (χ0) is 29.9. The predicted molar refractivity (Wildman–Crippen MR) is 171 cm³/mol. The molecule has 41 heavy (non-hydrogen) atoms. The fourth-order valence-electron chi connectivity index (χ4n) is 5.70. The van der Waals surface area contributed by atoms with Crippen molar-refractivity contribution in [1.29, 1.82) is 0 Å². The van der Waals surface area contributed by atoms with Gasteiger partial charge in [-0.15, -0.1) is 0 Å². The molecule has 0 aliphatic heterocycles. The van der Waals surface area contributed by atoms with Crippen molar-refractivity contribution in [3.8, 4) is 11.8 Å². The summed E-state index contributed by atoms with van der Waals surface area (Å²) in [6.07, 6.45) is 1.26. The Kier molecular flexibility index (Phi) is 8.85. The quantitative estimate of drug-likeness (QED) is 0.326. The van der Waals surface area contributed by atoms with Crippen LogP contribution in [0, 0.1) is 11.8 Å². The lowest BCUT2D eigenvalue weighted by Gasteiger charge is -2.44. The van der Waals surface area contributed by atoms with Crippen LogP contribution in [0.4, 0.5) is 11.4 Å². The molecule has 1 aliphatic rings. The average Bonchev–Trinajstić information content (AvgIpc) is 2.94. The Balaban J connectivity index is 1.70. The van der Waals surface area contributed by atoms with Gasteiger partial charge in [0.2, 0.25) is 0 Å². The SMILES string of the molecule is CCNC(=O)c1ccc(C#CC(O)c2cc(N(C)Cc3ccc(N(C)C)cc3)c3c(c2)C(C)(C)CCC3(C)C)cc1. The Bertz CT molecular complexity index is 1440. The van der Waals surface area contributed by atoms with Gasteiger partial charge in [0.05, 0.1) is 0 Å². The van der Waals surface area contributed by atoms with E-state index in [9.17, 15) is 9.90 Å². The third kappa shape index (κ3) is 6.77. The topological polar surface area (TPSA) is 55.8 Å². The van der Waals surface area contributed by atoms with E-state index >= 15 is 0 Å². The van der Waals surface area contributed by atoms with E-state index in [0.29, 0.717) is 12.1 Å². The van der Waals surface area contributed by atoms with Crippen LogP contribution in [0.15, 0.2) is 60.7 Å². The minimum atomic E-state index is -0.935. The van der Waals surface area contributed by atoms with Crippen molar-refractivity contribution >= 4 is 17.3 Å². The first-order valence-corrected chi connectivity index (χ1v) is 14.6. The van der Waals surface area contributed by atoms with Crippen LogP contribution in [0.25, 0.3) is 0 Å². The summed E-state index contributed by atoms with van der Waals surface area (Å²) in [4.78, 5) is 16.5. The van der Waals surface area contributed by atoms with E-state index in [-0.39, 0.29) is 16.7 Å². The lowest BCUT2D eigenvalue weighted by Crippen LogP contribution is -2.36. The second-order valence-corrected chi connectivity index (χ2v) is 12.8. The molecule has 0 aromatic heterocycles. The number of fused-ring (bicyclic) bond motifs is 1. The number of aliphatic hydroxyl groups is 1.